The summed E-state index contributed by atoms with van der Waals surface area (Å²) in [4.78, 5) is 25.2. The molecule has 1 atom stereocenters. The first kappa shape index (κ1) is 17.0. The van der Waals surface area contributed by atoms with Crippen molar-refractivity contribution < 1.29 is 14.0 Å². The molecule has 2 N–H and O–H groups in total. The topological polar surface area (TPSA) is 83.7 Å². The minimum absolute atomic E-state index is 0.0545. The van der Waals surface area contributed by atoms with E-state index in [9.17, 15) is 9.59 Å². The molecule has 0 aliphatic carbocycles. The molecule has 2 heterocycles. The van der Waals surface area contributed by atoms with E-state index in [1.54, 1.807) is 12.1 Å². The van der Waals surface area contributed by atoms with Gasteiger partial charge in [-0.2, -0.15) is 5.10 Å². The molecular weight excluding hydrogens is 314 g/mol. The van der Waals surface area contributed by atoms with Gasteiger partial charge in [0.25, 0.3) is 5.91 Å². The third kappa shape index (κ3) is 5.37. The Morgan fingerprint density at radius 1 is 1.35 bits per heavy atom. The second-order valence-electron chi connectivity index (χ2n) is 5.30. The molecule has 6 nitrogen and oxygen atoms in total. The zero-order valence-corrected chi connectivity index (χ0v) is 13.8. The number of nitrogens with one attached hydrogen (secondary N) is 2. The lowest BCUT2D eigenvalue weighted by molar-refractivity contribution is -0.129. The molecule has 2 aromatic heterocycles. The first-order valence-electron chi connectivity index (χ1n) is 7.24. The van der Waals surface area contributed by atoms with Crippen molar-refractivity contribution in [2.75, 3.05) is 0 Å². The van der Waals surface area contributed by atoms with E-state index in [1.165, 1.54) is 23.8 Å². The lowest BCUT2D eigenvalue weighted by Gasteiger charge is -2.20. The van der Waals surface area contributed by atoms with Gasteiger partial charge in [0, 0.05) is 4.88 Å². The Kier molecular flexibility index (Phi) is 6.10. The molecule has 0 bridgehead atoms. The number of thiophene rings is 1. The van der Waals surface area contributed by atoms with Crippen molar-refractivity contribution in [2.45, 2.75) is 26.3 Å². The molecule has 0 saturated carbocycles. The lowest BCUT2D eigenvalue weighted by atomic mass is 10.0. The van der Waals surface area contributed by atoms with Gasteiger partial charge in [-0.05, 0) is 29.5 Å². The largest absolute Gasteiger partial charge is 0.463 e. The van der Waals surface area contributed by atoms with E-state index in [4.69, 9.17) is 4.42 Å². The first-order chi connectivity index (χ1) is 11.1. The molecule has 0 fully saturated rings. The van der Waals surface area contributed by atoms with Crippen LogP contribution in [0.1, 0.15) is 24.5 Å². The molecule has 23 heavy (non-hydrogen) atoms. The summed E-state index contributed by atoms with van der Waals surface area (Å²) in [6.45, 7) is 3.73. The molecule has 0 aliphatic rings. The van der Waals surface area contributed by atoms with Gasteiger partial charge >= 0.3 is 0 Å². The van der Waals surface area contributed by atoms with Crippen LogP contribution in [0, 0.1) is 5.92 Å². The highest BCUT2D eigenvalue weighted by molar-refractivity contribution is 7.10. The summed E-state index contributed by atoms with van der Waals surface area (Å²) in [6, 6.07) is 6.59. The van der Waals surface area contributed by atoms with Crippen molar-refractivity contribution in [1.29, 1.82) is 0 Å². The van der Waals surface area contributed by atoms with E-state index in [2.05, 4.69) is 15.8 Å². The number of rotatable bonds is 7. The van der Waals surface area contributed by atoms with Crippen LogP contribution >= 0.6 is 11.3 Å². The Hall–Kier alpha value is -2.41. The van der Waals surface area contributed by atoms with Crippen LogP contribution in [0.4, 0.5) is 0 Å². The predicted octanol–water partition coefficient (Wildman–Crippen LogP) is 2.17. The van der Waals surface area contributed by atoms with Gasteiger partial charge in [0.15, 0.2) is 0 Å². The van der Waals surface area contributed by atoms with Crippen LogP contribution in [0.5, 0.6) is 0 Å². The van der Waals surface area contributed by atoms with E-state index in [-0.39, 0.29) is 24.2 Å². The summed E-state index contributed by atoms with van der Waals surface area (Å²) < 4.78 is 5.08. The van der Waals surface area contributed by atoms with Gasteiger partial charge in [-0.3, -0.25) is 9.59 Å². The Morgan fingerprint density at radius 3 is 2.78 bits per heavy atom. The molecule has 1 unspecified atom stereocenters. The SMILES string of the molecule is CC(C)C(NC(=O)Cc1cccs1)C(=O)N/N=C\c1ccco1. The van der Waals surface area contributed by atoms with E-state index in [0.29, 0.717) is 5.76 Å². The normalized spacial score (nSPS) is 12.5. The Balaban J connectivity index is 1.89. The molecule has 0 saturated heterocycles. The first-order valence-corrected chi connectivity index (χ1v) is 8.12. The predicted molar refractivity (Wildman–Crippen MR) is 89.2 cm³/mol. The molecule has 2 rings (SSSR count). The van der Waals surface area contributed by atoms with Gasteiger partial charge in [0.1, 0.15) is 11.8 Å². The smallest absolute Gasteiger partial charge is 0.262 e. The summed E-state index contributed by atoms with van der Waals surface area (Å²) in [5.74, 6) is -0.0622. The second-order valence-corrected chi connectivity index (χ2v) is 6.33. The number of furan rings is 1. The summed E-state index contributed by atoms with van der Waals surface area (Å²) in [7, 11) is 0. The third-order valence-electron chi connectivity index (χ3n) is 3.09. The summed E-state index contributed by atoms with van der Waals surface area (Å²) in [6.07, 6.45) is 3.19. The fourth-order valence-corrected chi connectivity index (χ4v) is 2.63. The van der Waals surface area contributed by atoms with E-state index in [0.717, 1.165) is 4.88 Å². The monoisotopic (exact) mass is 333 g/mol. The van der Waals surface area contributed by atoms with Crippen molar-refractivity contribution in [1.82, 2.24) is 10.7 Å². The molecule has 0 radical (unpaired) electrons. The standard InChI is InChI=1S/C16H19N3O3S/c1-11(2)15(18-14(20)9-13-6-4-8-23-13)16(21)19-17-10-12-5-3-7-22-12/h3-8,10-11,15H,9H2,1-2H3,(H,18,20)(H,19,21)/b17-10-. The average molecular weight is 333 g/mol. The lowest BCUT2D eigenvalue weighted by Crippen LogP contribution is -2.49. The van der Waals surface area contributed by atoms with E-state index < -0.39 is 6.04 Å². The molecule has 0 aromatic carbocycles. The van der Waals surface area contributed by atoms with Crippen molar-refractivity contribution >= 4 is 29.4 Å². The fourth-order valence-electron chi connectivity index (χ4n) is 1.92. The van der Waals surface area contributed by atoms with Gasteiger partial charge in [0.05, 0.1) is 18.9 Å². The number of nitrogens with zero attached hydrogens (tertiary/aromatic N) is 1. The van der Waals surface area contributed by atoms with Crippen LogP contribution in [0.2, 0.25) is 0 Å². The van der Waals surface area contributed by atoms with Crippen LogP contribution < -0.4 is 10.7 Å². The molecule has 122 valence electrons. The maximum Gasteiger partial charge on any atom is 0.262 e. The maximum absolute atomic E-state index is 12.2. The number of carbonyl (C=O) groups excluding carboxylic acids is 2. The molecule has 0 aliphatic heterocycles. The van der Waals surface area contributed by atoms with Crippen molar-refractivity contribution in [2.24, 2.45) is 11.0 Å². The zero-order valence-electron chi connectivity index (χ0n) is 13.0. The number of amides is 2. The highest BCUT2D eigenvalue weighted by atomic mass is 32.1. The van der Waals surface area contributed by atoms with Gasteiger partial charge < -0.3 is 9.73 Å². The van der Waals surface area contributed by atoms with Gasteiger partial charge in [-0.25, -0.2) is 5.43 Å². The Bertz CT molecular complexity index is 648. The van der Waals surface area contributed by atoms with Crippen molar-refractivity contribution in [3.63, 3.8) is 0 Å². The number of hydrazone groups is 1. The average Bonchev–Trinajstić information content (AvgIpc) is 3.17. The zero-order chi connectivity index (χ0) is 16.7. The number of carbonyl (C=O) groups is 2. The summed E-state index contributed by atoms with van der Waals surface area (Å²) in [5.41, 5.74) is 2.42. The van der Waals surface area contributed by atoms with Crippen LogP contribution in [0.15, 0.2) is 45.4 Å². The number of hydrogen-bond donors (Lipinski definition) is 2. The molecule has 7 heteroatoms. The number of hydrogen-bond acceptors (Lipinski definition) is 5. The highest BCUT2D eigenvalue weighted by Gasteiger charge is 2.24. The van der Waals surface area contributed by atoms with Gasteiger partial charge in [0.2, 0.25) is 5.91 Å². The van der Waals surface area contributed by atoms with Crippen LogP contribution in [-0.4, -0.2) is 24.1 Å². The molecule has 0 spiro atoms. The summed E-state index contributed by atoms with van der Waals surface area (Å²) in [5, 5.41) is 8.50. The van der Waals surface area contributed by atoms with Crippen LogP contribution in [-0.2, 0) is 16.0 Å². The van der Waals surface area contributed by atoms with E-state index in [1.807, 2.05) is 31.4 Å². The fraction of sp³-hybridized carbons (Fsp3) is 0.312. The van der Waals surface area contributed by atoms with Crippen molar-refractivity contribution in [3.05, 3.63) is 46.5 Å². The Morgan fingerprint density at radius 2 is 2.17 bits per heavy atom. The van der Waals surface area contributed by atoms with Gasteiger partial charge in [-0.1, -0.05) is 19.9 Å². The third-order valence-corrected chi connectivity index (χ3v) is 3.97. The summed E-state index contributed by atoms with van der Waals surface area (Å²) >= 11 is 1.51. The van der Waals surface area contributed by atoms with Gasteiger partial charge in [-0.15, -0.1) is 11.3 Å². The van der Waals surface area contributed by atoms with Crippen LogP contribution in [0.3, 0.4) is 0 Å². The van der Waals surface area contributed by atoms with Crippen molar-refractivity contribution in [3.8, 4) is 0 Å². The maximum atomic E-state index is 12.2. The molecule has 2 amide bonds. The quantitative estimate of drug-likeness (QED) is 0.602. The minimum atomic E-state index is -0.642. The van der Waals surface area contributed by atoms with E-state index >= 15 is 0 Å². The molecule has 2 aromatic rings. The second kappa shape index (κ2) is 8.28. The Labute approximate surface area is 138 Å². The van der Waals surface area contributed by atoms with Crippen LogP contribution in [0.25, 0.3) is 0 Å². The molecular formula is C16H19N3O3S. The minimum Gasteiger partial charge on any atom is -0.463 e. The highest BCUT2D eigenvalue weighted by Crippen LogP contribution is 2.10.